The molecule has 18 heavy (non-hydrogen) atoms. The lowest BCUT2D eigenvalue weighted by Crippen LogP contribution is -2.39. The van der Waals surface area contributed by atoms with Crippen LogP contribution < -0.4 is 5.32 Å². The van der Waals surface area contributed by atoms with E-state index >= 15 is 0 Å². The molecule has 98 valence electrons. The lowest BCUT2D eigenvalue weighted by Gasteiger charge is -2.29. The molecule has 0 bridgehead atoms. The van der Waals surface area contributed by atoms with Crippen LogP contribution in [0.25, 0.3) is 0 Å². The third-order valence-electron chi connectivity index (χ3n) is 3.33. The number of nitrogens with zero attached hydrogens (tertiary/aromatic N) is 1. The topological polar surface area (TPSA) is 82.5 Å². The van der Waals surface area contributed by atoms with Gasteiger partial charge < -0.3 is 15.5 Å². The van der Waals surface area contributed by atoms with Crippen molar-refractivity contribution in [3.8, 4) is 0 Å². The molecule has 0 amide bonds. The Morgan fingerprint density at radius 1 is 1.50 bits per heavy atom. The summed E-state index contributed by atoms with van der Waals surface area (Å²) in [6.45, 7) is -0.0921. The highest BCUT2D eigenvalue weighted by Gasteiger charge is 2.34. The van der Waals surface area contributed by atoms with Crippen LogP contribution in [0.15, 0.2) is 12.3 Å². The zero-order valence-electron chi connectivity index (χ0n) is 9.82. The Labute approximate surface area is 104 Å². The number of aromatic carboxylic acids is 1. The molecule has 0 aromatic carbocycles. The van der Waals surface area contributed by atoms with Gasteiger partial charge in [0.2, 0.25) is 0 Å². The third kappa shape index (κ3) is 2.43. The van der Waals surface area contributed by atoms with Gasteiger partial charge in [0.15, 0.2) is 0 Å². The van der Waals surface area contributed by atoms with Gasteiger partial charge in [-0.15, -0.1) is 0 Å². The van der Waals surface area contributed by atoms with Gasteiger partial charge in [0.05, 0.1) is 18.3 Å². The van der Waals surface area contributed by atoms with Gasteiger partial charge in [-0.2, -0.15) is 0 Å². The minimum atomic E-state index is -1.24. The number of anilines is 1. The quantitative estimate of drug-likeness (QED) is 0.760. The summed E-state index contributed by atoms with van der Waals surface area (Å²) in [5, 5.41) is 21.4. The second kappa shape index (κ2) is 4.89. The maximum atomic E-state index is 13.0. The van der Waals surface area contributed by atoms with Crippen molar-refractivity contribution in [3.63, 3.8) is 0 Å². The summed E-state index contributed by atoms with van der Waals surface area (Å²) < 4.78 is 13.0. The maximum absolute atomic E-state index is 13.0. The Morgan fingerprint density at radius 3 is 2.72 bits per heavy atom. The van der Waals surface area contributed by atoms with E-state index in [1.807, 2.05) is 0 Å². The lowest BCUT2D eigenvalue weighted by molar-refractivity contribution is 0.0696. The number of carboxylic acid groups (broad SMARTS) is 1. The fourth-order valence-electron chi connectivity index (χ4n) is 2.33. The molecule has 1 fully saturated rings. The number of aliphatic hydroxyl groups excluding tert-OH is 1. The molecule has 1 aliphatic rings. The Morgan fingerprint density at radius 2 is 2.17 bits per heavy atom. The predicted molar refractivity (Wildman–Crippen MR) is 63.1 cm³/mol. The van der Waals surface area contributed by atoms with Crippen LogP contribution in [-0.2, 0) is 0 Å². The summed E-state index contributed by atoms with van der Waals surface area (Å²) in [5.74, 6) is -1.82. The summed E-state index contributed by atoms with van der Waals surface area (Å²) >= 11 is 0. The molecule has 0 saturated heterocycles. The molecule has 1 aromatic rings. The van der Waals surface area contributed by atoms with E-state index in [1.54, 1.807) is 0 Å². The van der Waals surface area contributed by atoms with Crippen LogP contribution in [0, 0.1) is 5.82 Å². The van der Waals surface area contributed by atoms with Crippen LogP contribution in [0.3, 0.4) is 0 Å². The van der Waals surface area contributed by atoms with Crippen molar-refractivity contribution in [1.29, 1.82) is 0 Å². The summed E-state index contributed by atoms with van der Waals surface area (Å²) in [7, 11) is 0. The van der Waals surface area contributed by atoms with Gasteiger partial charge in [0, 0.05) is 0 Å². The fraction of sp³-hybridized carbons (Fsp3) is 0.500. The van der Waals surface area contributed by atoms with Crippen molar-refractivity contribution in [3.05, 3.63) is 23.6 Å². The van der Waals surface area contributed by atoms with Gasteiger partial charge in [0.1, 0.15) is 17.2 Å². The van der Waals surface area contributed by atoms with Crippen LogP contribution in [0.4, 0.5) is 10.2 Å². The number of halogens is 1. The molecule has 0 atom stereocenters. The number of aliphatic hydroxyl groups is 1. The zero-order valence-corrected chi connectivity index (χ0v) is 9.82. The molecule has 0 unspecified atom stereocenters. The second-order valence-corrected chi connectivity index (χ2v) is 4.63. The maximum Gasteiger partial charge on any atom is 0.339 e. The molecule has 5 nitrogen and oxygen atoms in total. The van der Waals surface area contributed by atoms with E-state index in [4.69, 9.17) is 5.11 Å². The number of hydrogen-bond donors (Lipinski definition) is 3. The Balaban J connectivity index is 2.30. The number of hydrogen-bond acceptors (Lipinski definition) is 4. The first kappa shape index (κ1) is 12.8. The van der Waals surface area contributed by atoms with E-state index in [2.05, 4.69) is 10.3 Å². The Kier molecular flexibility index (Phi) is 3.47. The largest absolute Gasteiger partial charge is 0.478 e. The van der Waals surface area contributed by atoms with E-state index in [0.29, 0.717) is 0 Å². The van der Waals surface area contributed by atoms with E-state index in [1.165, 1.54) is 0 Å². The van der Waals surface area contributed by atoms with Crippen molar-refractivity contribution in [2.75, 3.05) is 11.9 Å². The smallest absolute Gasteiger partial charge is 0.339 e. The molecule has 6 heteroatoms. The number of carbonyl (C=O) groups is 1. The van der Waals surface area contributed by atoms with E-state index in [0.717, 1.165) is 37.9 Å². The SMILES string of the molecule is O=C(O)c1cc(F)cnc1NC1(CO)CCCC1. The van der Waals surface area contributed by atoms with E-state index in [-0.39, 0.29) is 18.0 Å². The number of carboxylic acids is 1. The van der Waals surface area contributed by atoms with Crippen LogP contribution in [0.2, 0.25) is 0 Å². The minimum absolute atomic E-state index is 0.0921. The molecule has 1 aliphatic carbocycles. The molecule has 0 radical (unpaired) electrons. The molecular formula is C12H15FN2O3. The summed E-state index contributed by atoms with van der Waals surface area (Å²) in [4.78, 5) is 14.8. The summed E-state index contributed by atoms with van der Waals surface area (Å²) in [5.41, 5.74) is -0.746. The van der Waals surface area contributed by atoms with E-state index < -0.39 is 17.3 Å². The molecular weight excluding hydrogens is 239 g/mol. The van der Waals surface area contributed by atoms with Crippen molar-refractivity contribution in [1.82, 2.24) is 4.98 Å². The average Bonchev–Trinajstić information content (AvgIpc) is 2.80. The summed E-state index contributed by atoms with van der Waals surface area (Å²) in [6.07, 6.45) is 4.41. The predicted octanol–water partition coefficient (Wildman–Crippen LogP) is 1.64. The molecule has 1 aromatic heterocycles. The normalized spacial score (nSPS) is 17.7. The third-order valence-corrected chi connectivity index (χ3v) is 3.33. The highest BCUT2D eigenvalue weighted by molar-refractivity contribution is 5.93. The lowest BCUT2D eigenvalue weighted by atomic mass is 9.98. The fourth-order valence-corrected chi connectivity index (χ4v) is 2.33. The number of aromatic nitrogens is 1. The summed E-state index contributed by atoms with van der Waals surface area (Å²) in [6, 6.07) is 0.928. The van der Waals surface area contributed by atoms with Gasteiger partial charge >= 0.3 is 5.97 Å². The van der Waals surface area contributed by atoms with Crippen LogP contribution in [0.1, 0.15) is 36.0 Å². The average molecular weight is 254 g/mol. The molecule has 3 N–H and O–H groups in total. The highest BCUT2D eigenvalue weighted by Crippen LogP contribution is 2.33. The van der Waals surface area contributed by atoms with Gasteiger partial charge in [-0.1, -0.05) is 12.8 Å². The van der Waals surface area contributed by atoms with Crippen LogP contribution in [0.5, 0.6) is 0 Å². The number of nitrogens with one attached hydrogen (secondary N) is 1. The van der Waals surface area contributed by atoms with Crippen LogP contribution >= 0.6 is 0 Å². The van der Waals surface area contributed by atoms with Crippen molar-refractivity contribution < 1.29 is 19.4 Å². The first-order chi connectivity index (χ1) is 8.56. The molecule has 0 aliphatic heterocycles. The van der Waals surface area contributed by atoms with E-state index in [9.17, 15) is 14.3 Å². The molecule has 2 rings (SSSR count). The second-order valence-electron chi connectivity index (χ2n) is 4.63. The van der Waals surface area contributed by atoms with Crippen molar-refractivity contribution >= 4 is 11.8 Å². The number of pyridine rings is 1. The molecule has 1 heterocycles. The zero-order chi connectivity index (χ0) is 13.2. The Hall–Kier alpha value is -1.69. The van der Waals surface area contributed by atoms with Gasteiger partial charge in [-0.3, -0.25) is 0 Å². The van der Waals surface area contributed by atoms with Gasteiger partial charge in [-0.05, 0) is 18.9 Å². The van der Waals surface area contributed by atoms with Crippen molar-refractivity contribution in [2.45, 2.75) is 31.2 Å². The van der Waals surface area contributed by atoms with Crippen molar-refractivity contribution in [2.24, 2.45) is 0 Å². The first-order valence-electron chi connectivity index (χ1n) is 5.84. The highest BCUT2D eigenvalue weighted by atomic mass is 19.1. The molecule has 1 saturated carbocycles. The van der Waals surface area contributed by atoms with Gasteiger partial charge in [0.25, 0.3) is 0 Å². The molecule has 0 spiro atoms. The number of rotatable bonds is 4. The van der Waals surface area contributed by atoms with Crippen LogP contribution in [-0.4, -0.2) is 33.3 Å². The van der Waals surface area contributed by atoms with Gasteiger partial charge in [-0.25, -0.2) is 14.2 Å². The monoisotopic (exact) mass is 254 g/mol. The Bertz CT molecular complexity index is 459. The minimum Gasteiger partial charge on any atom is -0.478 e. The standard InChI is InChI=1S/C12H15FN2O3/c13-8-5-9(11(17)18)10(14-6-8)15-12(7-16)3-1-2-4-12/h5-6,16H,1-4,7H2,(H,14,15)(H,17,18). The first-order valence-corrected chi connectivity index (χ1v) is 5.84.